The molecule has 3 saturated heterocycles. The molecule has 3 aliphatic heterocycles. The molecule has 154 valence electrons. The molecule has 3 fully saturated rings. The molecule has 0 unspecified atom stereocenters. The van der Waals surface area contributed by atoms with Crippen molar-refractivity contribution in [1.82, 2.24) is 19.9 Å². The summed E-state index contributed by atoms with van der Waals surface area (Å²) < 4.78 is 54.4. The van der Waals surface area contributed by atoms with Crippen molar-refractivity contribution in [1.29, 1.82) is 0 Å². The number of nitrogens with two attached hydrogens (primary N) is 1. The van der Waals surface area contributed by atoms with Gasteiger partial charge in [0, 0.05) is 44.9 Å². The molecule has 1 amide bonds. The number of amides is 1. The van der Waals surface area contributed by atoms with Gasteiger partial charge in [0.05, 0.1) is 19.1 Å². The Balaban J connectivity index is 1.49. The van der Waals surface area contributed by atoms with Gasteiger partial charge in [-0.2, -0.15) is 4.98 Å². The lowest BCUT2D eigenvalue weighted by Gasteiger charge is -2.37. The quantitative estimate of drug-likeness (QED) is 0.735. The lowest BCUT2D eigenvalue weighted by atomic mass is 10.0. The van der Waals surface area contributed by atoms with Crippen molar-refractivity contribution in [2.75, 3.05) is 42.5 Å². The molecule has 3 aliphatic rings. The Labute approximate surface area is 158 Å². The number of hydrogen-bond donors (Lipinski definition) is 1. The number of anilines is 2. The number of carbonyl (C=O) groups excluding carboxylic acids is 1. The minimum absolute atomic E-state index is 0.135. The third kappa shape index (κ3) is 3.69. The van der Waals surface area contributed by atoms with E-state index in [1.807, 2.05) is 0 Å². The molecule has 28 heavy (non-hydrogen) atoms. The van der Waals surface area contributed by atoms with Gasteiger partial charge in [-0.3, -0.25) is 4.79 Å². The van der Waals surface area contributed by atoms with Crippen LogP contribution in [0.5, 0.6) is 0 Å². The monoisotopic (exact) mass is 403 g/mol. The fourth-order valence-corrected chi connectivity index (χ4v) is 3.95. The number of carbonyl (C=O) groups is 1. The number of nitrogens with zero attached hydrogens (tertiary/aromatic N) is 6. The van der Waals surface area contributed by atoms with Gasteiger partial charge >= 0.3 is 0 Å². The molecular formula is C16H21F4N7O. The first-order chi connectivity index (χ1) is 13.1. The topological polar surface area (TPSA) is 91.5 Å². The van der Waals surface area contributed by atoms with E-state index in [9.17, 15) is 22.4 Å². The third-order valence-electron chi connectivity index (χ3n) is 5.44. The first-order valence-corrected chi connectivity index (χ1v) is 9.13. The van der Waals surface area contributed by atoms with Crippen molar-refractivity contribution < 1.29 is 22.4 Å². The summed E-state index contributed by atoms with van der Waals surface area (Å²) in [5.74, 6) is -5.69. The van der Waals surface area contributed by atoms with E-state index in [1.54, 1.807) is 4.90 Å². The summed E-state index contributed by atoms with van der Waals surface area (Å²) in [5.41, 5.74) is 6.12. The average Bonchev–Trinajstić information content (AvgIpc) is 3.20. The highest BCUT2D eigenvalue weighted by atomic mass is 19.3. The van der Waals surface area contributed by atoms with Gasteiger partial charge in [0.15, 0.2) is 0 Å². The van der Waals surface area contributed by atoms with Crippen LogP contribution in [0.25, 0.3) is 0 Å². The maximum atomic E-state index is 13.8. The second kappa shape index (κ2) is 6.68. The van der Waals surface area contributed by atoms with Crippen LogP contribution in [-0.2, 0) is 4.79 Å². The van der Waals surface area contributed by atoms with E-state index in [0.717, 1.165) is 4.90 Å². The highest BCUT2D eigenvalue weighted by Gasteiger charge is 2.46. The van der Waals surface area contributed by atoms with Crippen molar-refractivity contribution in [2.24, 2.45) is 5.73 Å². The zero-order chi connectivity index (χ0) is 20.1. The van der Waals surface area contributed by atoms with E-state index in [1.165, 1.54) is 11.2 Å². The van der Waals surface area contributed by atoms with Crippen LogP contribution in [0.1, 0.15) is 19.3 Å². The summed E-state index contributed by atoms with van der Waals surface area (Å²) in [6, 6.07) is -1.14. The third-order valence-corrected chi connectivity index (χ3v) is 5.44. The van der Waals surface area contributed by atoms with Crippen LogP contribution in [-0.4, -0.2) is 82.4 Å². The normalized spacial score (nSPS) is 29.6. The average molecular weight is 403 g/mol. The van der Waals surface area contributed by atoms with E-state index in [2.05, 4.69) is 15.0 Å². The predicted molar refractivity (Wildman–Crippen MR) is 91.5 cm³/mol. The number of aromatic nitrogens is 3. The van der Waals surface area contributed by atoms with Gasteiger partial charge in [0.2, 0.25) is 17.8 Å². The SMILES string of the molecule is N[C@@H]1CN(c2ncnc(N3CCC(F)(F)C3)n2)C[C@@H]1N1CC(F)(F)CCC1=O. The van der Waals surface area contributed by atoms with Gasteiger partial charge in [-0.15, -0.1) is 0 Å². The van der Waals surface area contributed by atoms with Crippen LogP contribution < -0.4 is 15.5 Å². The van der Waals surface area contributed by atoms with Gasteiger partial charge in [-0.1, -0.05) is 0 Å². The van der Waals surface area contributed by atoms with Gasteiger partial charge in [-0.05, 0) is 0 Å². The molecule has 12 heteroatoms. The minimum atomic E-state index is -2.93. The van der Waals surface area contributed by atoms with Crippen LogP contribution in [0.15, 0.2) is 6.33 Å². The van der Waals surface area contributed by atoms with Gasteiger partial charge in [-0.25, -0.2) is 27.5 Å². The molecule has 0 radical (unpaired) electrons. The number of piperidine rings is 1. The Morgan fingerprint density at radius 1 is 1.00 bits per heavy atom. The summed E-state index contributed by atoms with van der Waals surface area (Å²) in [5, 5.41) is 0. The zero-order valence-electron chi connectivity index (χ0n) is 15.1. The molecule has 0 aromatic carbocycles. The summed E-state index contributed by atoms with van der Waals surface area (Å²) in [4.78, 5) is 28.6. The first-order valence-electron chi connectivity index (χ1n) is 9.13. The van der Waals surface area contributed by atoms with Crippen molar-refractivity contribution in [2.45, 2.75) is 43.2 Å². The zero-order valence-corrected chi connectivity index (χ0v) is 15.1. The molecule has 0 aliphatic carbocycles. The molecule has 2 N–H and O–H groups in total. The largest absolute Gasteiger partial charge is 0.337 e. The molecule has 0 bridgehead atoms. The van der Waals surface area contributed by atoms with E-state index in [-0.39, 0.29) is 50.3 Å². The Kier molecular flexibility index (Phi) is 4.55. The number of rotatable bonds is 3. The van der Waals surface area contributed by atoms with Crippen molar-refractivity contribution >= 4 is 17.8 Å². The number of hydrogen-bond acceptors (Lipinski definition) is 7. The summed E-state index contributed by atoms with van der Waals surface area (Å²) >= 11 is 0. The standard InChI is InChI=1S/C16H21F4N7O/c17-15(18)2-1-12(28)27(8-15)11-6-26(5-10(11)21)14-23-9-22-13(24-14)25-4-3-16(19,20)7-25/h9-11H,1-8,21H2/t10-,11+/m1/s1. The lowest BCUT2D eigenvalue weighted by Crippen LogP contribution is -2.56. The van der Waals surface area contributed by atoms with Crippen molar-refractivity contribution in [3.05, 3.63) is 6.33 Å². The Morgan fingerprint density at radius 3 is 2.36 bits per heavy atom. The Hall–Kier alpha value is -2.24. The maximum absolute atomic E-state index is 13.8. The Morgan fingerprint density at radius 2 is 1.68 bits per heavy atom. The second-order valence-corrected chi connectivity index (χ2v) is 7.63. The number of likely N-dealkylation sites (tertiary alicyclic amines) is 1. The van der Waals surface area contributed by atoms with Crippen LogP contribution >= 0.6 is 0 Å². The molecule has 0 saturated carbocycles. The summed E-state index contributed by atoms with van der Waals surface area (Å²) in [6.07, 6.45) is 0.295. The maximum Gasteiger partial charge on any atom is 0.267 e. The molecule has 1 aromatic rings. The van der Waals surface area contributed by atoms with E-state index in [4.69, 9.17) is 5.73 Å². The van der Waals surface area contributed by atoms with E-state index < -0.39 is 43.4 Å². The molecular weight excluding hydrogens is 382 g/mol. The highest BCUT2D eigenvalue weighted by molar-refractivity contribution is 5.78. The first kappa shape index (κ1) is 19.1. The molecule has 4 heterocycles. The highest BCUT2D eigenvalue weighted by Crippen LogP contribution is 2.32. The fraction of sp³-hybridized carbons (Fsp3) is 0.750. The molecule has 4 rings (SSSR count). The minimum Gasteiger partial charge on any atom is -0.337 e. The molecule has 1 aromatic heterocycles. The van der Waals surface area contributed by atoms with Crippen LogP contribution in [0, 0.1) is 0 Å². The fourth-order valence-electron chi connectivity index (χ4n) is 3.95. The molecule has 2 atom stereocenters. The van der Waals surface area contributed by atoms with Gasteiger partial charge in [0.1, 0.15) is 6.33 Å². The molecule has 8 nitrogen and oxygen atoms in total. The summed E-state index contributed by atoms with van der Waals surface area (Å²) in [6.45, 7) is -0.516. The van der Waals surface area contributed by atoms with Crippen molar-refractivity contribution in [3.8, 4) is 0 Å². The summed E-state index contributed by atoms with van der Waals surface area (Å²) in [7, 11) is 0. The Bertz CT molecular complexity index is 764. The van der Waals surface area contributed by atoms with E-state index in [0.29, 0.717) is 0 Å². The number of halogens is 4. The van der Waals surface area contributed by atoms with Gasteiger partial charge < -0.3 is 20.4 Å². The van der Waals surface area contributed by atoms with Crippen LogP contribution in [0.3, 0.4) is 0 Å². The predicted octanol–water partition coefficient (Wildman–Crippen LogP) is 0.491. The van der Waals surface area contributed by atoms with Crippen LogP contribution in [0.2, 0.25) is 0 Å². The smallest absolute Gasteiger partial charge is 0.267 e. The molecule has 0 spiro atoms. The van der Waals surface area contributed by atoms with Gasteiger partial charge in [0.25, 0.3) is 11.8 Å². The number of alkyl halides is 4. The second-order valence-electron chi connectivity index (χ2n) is 7.63. The van der Waals surface area contributed by atoms with Crippen LogP contribution in [0.4, 0.5) is 29.5 Å². The van der Waals surface area contributed by atoms with Crippen molar-refractivity contribution in [3.63, 3.8) is 0 Å². The lowest BCUT2D eigenvalue weighted by molar-refractivity contribution is -0.150. The van der Waals surface area contributed by atoms with E-state index >= 15 is 0 Å².